The van der Waals surface area contributed by atoms with Crippen molar-refractivity contribution in [3.05, 3.63) is 12.2 Å². The Labute approximate surface area is 52.3 Å². The lowest BCUT2D eigenvalue weighted by atomic mass is 10.1. The Bertz CT molecular complexity index is 206. The fourth-order valence-corrected chi connectivity index (χ4v) is 0.509. The van der Waals surface area contributed by atoms with Crippen LogP contribution in [0.3, 0.4) is 0 Å². The maximum atomic E-state index is 10.3. The normalized spacial score (nSPS) is 23.9. The summed E-state index contributed by atoms with van der Waals surface area (Å²) < 4.78 is 0. The first kappa shape index (κ1) is 5.70. The zero-order chi connectivity index (χ0) is 6.69. The van der Waals surface area contributed by atoms with Crippen molar-refractivity contribution < 1.29 is 4.79 Å². The minimum absolute atomic E-state index is 0.290. The molecule has 0 radical (unpaired) electrons. The fraction of sp³-hybridized carbons (Fsp3) is 0.167. The van der Waals surface area contributed by atoms with Crippen molar-refractivity contribution in [3.63, 3.8) is 0 Å². The summed E-state index contributed by atoms with van der Waals surface area (Å²) in [7, 11) is 0. The predicted molar refractivity (Wildman–Crippen MR) is 31.7 cm³/mol. The van der Waals surface area contributed by atoms with Crippen LogP contribution in [-0.4, -0.2) is 12.1 Å². The van der Waals surface area contributed by atoms with Crippen molar-refractivity contribution >= 4 is 12.1 Å². The summed E-state index contributed by atoms with van der Waals surface area (Å²) in [4.78, 5) is 13.7. The molecule has 1 heterocycles. The van der Waals surface area contributed by atoms with Gasteiger partial charge in [0.1, 0.15) is 5.92 Å². The van der Waals surface area contributed by atoms with Crippen LogP contribution in [0.25, 0.3) is 0 Å². The average Bonchev–Trinajstić information content (AvgIpc) is 1.90. The van der Waals surface area contributed by atoms with Crippen LogP contribution in [0.4, 0.5) is 0 Å². The topological polar surface area (TPSA) is 53.2 Å². The number of amides is 1. The van der Waals surface area contributed by atoms with Crippen molar-refractivity contribution in [1.29, 1.82) is 5.26 Å². The minimum Gasteiger partial charge on any atom is -0.268 e. The molecule has 1 atom stereocenters. The first-order chi connectivity index (χ1) is 4.33. The number of dihydropyridines is 1. The molecule has 0 N–H and O–H groups in total. The smallest absolute Gasteiger partial charge is 0.268 e. The summed E-state index contributed by atoms with van der Waals surface area (Å²) in [5.74, 6) is -0.607. The molecule has 0 aromatic rings. The standard InChI is InChI=1S/C6H4N2O/c7-3-5-1-2-6(9)8-4-5/h1-2,4-5H. The van der Waals surface area contributed by atoms with Gasteiger partial charge in [-0.2, -0.15) is 5.26 Å². The molecule has 0 saturated carbocycles. The third-order valence-electron chi connectivity index (χ3n) is 0.958. The van der Waals surface area contributed by atoms with Gasteiger partial charge in [0.15, 0.2) is 0 Å². The van der Waals surface area contributed by atoms with Gasteiger partial charge in [-0.05, 0) is 0 Å². The van der Waals surface area contributed by atoms with Gasteiger partial charge in [0.05, 0.1) is 6.07 Å². The highest BCUT2D eigenvalue weighted by molar-refractivity contribution is 5.97. The number of carbonyl (C=O) groups excluding carboxylic acids is 1. The van der Waals surface area contributed by atoms with Gasteiger partial charge in [0, 0.05) is 12.3 Å². The number of hydrogen-bond donors (Lipinski definition) is 0. The van der Waals surface area contributed by atoms with Crippen LogP contribution in [0.1, 0.15) is 0 Å². The molecule has 0 saturated heterocycles. The van der Waals surface area contributed by atoms with E-state index in [9.17, 15) is 4.79 Å². The second kappa shape index (κ2) is 2.23. The van der Waals surface area contributed by atoms with E-state index in [1.165, 1.54) is 18.4 Å². The molecular formula is C6H4N2O. The first-order valence-electron chi connectivity index (χ1n) is 2.49. The van der Waals surface area contributed by atoms with Crippen molar-refractivity contribution in [2.45, 2.75) is 0 Å². The number of allylic oxidation sites excluding steroid dienone is 1. The van der Waals surface area contributed by atoms with Crippen molar-refractivity contribution in [1.82, 2.24) is 0 Å². The Hall–Kier alpha value is -1.43. The van der Waals surface area contributed by atoms with Gasteiger partial charge in [0.25, 0.3) is 5.91 Å². The predicted octanol–water partition coefficient (Wildman–Crippen LogP) is 0.293. The van der Waals surface area contributed by atoms with Gasteiger partial charge in [-0.25, -0.2) is 4.99 Å². The van der Waals surface area contributed by atoms with Gasteiger partial charge >= 0.3 is 0 Å². The van der Waals surface area contributed by atoms with Crippen LogP contribution in [0.5, 0.6) is 0 Å². The minimum atomic E-state index is -0.317. The molecule has 1 aliphatic rings. The maximum Gasteiger partial charge on any atom is 0.269 e. The van der Waals surface area contributed by atoms with Crippen LogP contribution in [0, 0.1) is 17.2 Å². The van der Waals surface area contributed by atoms with E-state index in [0.717, 1.165) is 0 Å². The molecule has 3 heteroatoms. The van der Waals surface area contributed by atoms with Gasteiger partial charge in [0.2, 0.25) is 0 Å². The van der Waals surface area contributed by atoms with E-state index in [4.69, 9.17) is 5.26 Å². The van der Waals surface area contributed by atoms with E-state index in [0.29, 0.717) is 0 Å². The van der Waals surface area contributed by atoms with E-state index in [2.05, 4.69) is 4.99 Å². The third kappa shape index (κ3) is 1.23. The fourth-order valence-electron chi connectivity index (χ4n) is 0.509. The number of aliphatic imine (C=N–C) groups is 1. The lowest BCUT2D eigenvalue weighted by molar-refractivity contribution is -0.113. The van der Waals surface area contributed by atoms with E-state index < -0.39 is 0 Å². The summed E-state index contributed by atoms with van der Waals surface area (Å²) in [6, 6.07) is 1.94. The van der Waals surface area contributed by atoms with Crippen molar-refractivity contribution in [2.24, 2.45) is 10.9 Å². The zero-order valence-corrected chi connectivity index (χ0v) is 4.61. The van der Waals surface area contributed by atoms with Crippen LogP contribution >= 0.6 is 0 Å². The molecule has 0 aromatic carbocycles. The second-order valence-corrected chi connectivity index (χ2v) is 1.63. The van der Waals surface area contributed by atoms with Gasteiger partial charge < -0.3 is 0 Å². The molecular weight excluding hydrogens is 116 g/mol. The largest absolute Gasteiger partial charge is 0.269 e. The van der Waals surface area contributed by atoms with E-state index in [1.807, 2.05) is 6.07 Å². The van der Waals surface area contributed by atoms with Gasteiger partial charge in [-0.3, -0.25) is 4.79 Å². The molecule has 1 aliphatic heterocycles. The Balaban J connectivity index is 2.72. The molecule has 1 amide bonds. The molecule has 1 unspecified atom stereocenters. The average molecular weight is 120 g/mol. The molecule has 0 spiro atoms. The summed E-state index contributed by atoms with van der Waals surface area (Å²) >= 11 is 0. The third-order valence-corrected chi connectivity index (χ3v) is 0.958. The highest BCUT2D eigenvalue weighted by Crippen LogP contribution is 1.98. The summed E-state index contributed by atoms with van der Waals surface area (Å²) in [5, 5.41) is 8.27. The van der Waals surface area contributed by atoms with E-state index >= 15 is 0 Å². The molecule has 0 aliphatic carbocycles. The Morgan fingerprint density at radius 2 is 2.56 bits per heavy atom. The van der Waals surface area contributed by atoms with Gasteiger partial charge in [-0.1, -0.05) is 6.08 Å². The SMILES string of the molecule is N#CC1C=CC(=O)N=C1. The van der Waals surface area contributed by atoms with E-state index in [-0.39, 0.29) is 11.8 Å². The van der Waals surface area contributed by atoms with Crippen LogP contribution in [0.2, 0.25) is 0 Å². The zero-order valence-electron chi connectivity index (χ0n) is 4.61. The second-order valence-electron chi connectivity index (χ2n) is 1.63. The summed E-state index contributed by atoms with van der Waals surface area (Å²) in [6.07, 6.45) is 4.16. The van der Waals surface area contributed by atoms with Gasteiger partial charge in [-0.15, -0.1) is 0 Å². The van der Waals surface area contributed by atoms with Crippen LogP contribution in [-0.2, 0) is 4.79 Å². The Kier molecular flexibility index (Phi) is 1.41. The Morgan fingerprint density at radius 1 is 1.78 bits per heavy atom. The molecule has 3 nitrogen and oxygen atoms in total. The number of nitriles is 1. The molecule has 0 fully saturated rings. The molecule has 0 aromatic heterocycles. The summed E-state index contributed by atoms with van der Waals surface area (Å²) in [6.45, 7) is 0. The molecule has 0 bridgehead atoms. The van der Waals surface area contributed by atoms with E-state index in [1.54, 1.807) is 0 Å². The molecule has 1 rings (SSSR count). The summed E-state index contributed by atoms with van der Waals surface area (Å²) in [5.41, 5.74) is 0. The maximum absolute atomic E-state index is 10.3. The van der Waals surface area contributed by atoms with Crippen molar-refractivity contribution in [2.75, 3.05) is 0 Å². The number of nitrogens with zero attached hydrogens (tertiary/aromatic N) is 2. The highest BCUT2D eigenvalue weighted by Gasteiger charge is 2.04. The number of hydrogen-bond acceptors (Lipinski definition) is 2. The lowest BCUT2D eigenvalue weighted by Crippen LogP contribution is -2.02. The van der Waals surface area contributed by atoms with Crippen molar-refractivity contribution in [3.8, 4) is 6.07 Å². The molecule has 44 valence electrons. The quantitative estimate of drug-likeness (QED) is 0.461. The first-order valence-corrected chi connectivity index (χ1v) is 2.49. The number of carbonyl (C=O) groups is 1. The van der Waals surface area contributed by atoms with Crippen LogP contribution in [0.15, 0.2) is 17.1 Å². The highest BCUT2D eigenvalue weighted by atomic mass is 16.1. The van der Waals surface area contributed by atoms with Crippen LogP contribution < -0.4 is 0 Å². The lowest BCUT2D eigenvalue weighted by Gasteiger charge is -1.96. The number of rotatable bonds is 0. The molecule has 9 heavy (non-hydrogen) atoms. The monoisotopic (exact) mass is 120 g/mol. The Morgan fingerprint density at radius 3 is 3.00 bits per heavy atom.